The molecule has 176 valence electrons. The Hall–Kier alpha value is -3.67. The molecule has 0 spiro atoms. The molecule has 0 aromatic heterocycles. The van der Waals surface area contributed by atoms with Crippen molar-refractivity contribution in [3.8, 4) is 22.9 Å². The van der Waals surface area contributed by atoms with Crippen LogP contribution in [-0.4, -0.2) is 38.3 Å². The molecule has 0 aliphatic carbocycles. The molecule has 3 aromatic carbocycles. The Balaban J connectivity index is 2.02. The highest BCUT2D eigenvalue weighted by Gasteiger charge is 2.26. The summed E-state index contributed by atoms with van der Waals surface area (Å²) in [6.07, 6.45) is 0. The van der Waals surface area contributed by atoms with Crippen LogP contribution in [0.25, 0.3) is 11.1 Å². The van der Waals surface area contributed by atoms with Gasteiger partial charge >= 0.3 is 0 Å². The number of nitrogens with one attached hydrogen (secondary N) is 1. The molecule has 1 N–H and O–H groups in total. The molecule has 0 aliphatic rings. The van der Waals surface area contributed by atoms with Crippen LogP contribution in [-0.2, 0) is 10.0 Å². The van der Waals surface area contributed by atoms with E-state index in [-0.39, 0.29) is 10.6 Å². The Labute approximate surface area is 200 Å². The highest BCUT2D eigenvalue weighted by Crippen LogP contribution is 2.31. The zero-order chi connectivity index (χ0) is 24.7. The molecule has 0 aliphatic heterocycles. The zero-order valence-electron chi connectivity index (χ0n) is 19.4. The maximum absolute atomic E-state index is 13.2. The van der Waals surface area contributed by atoms with Gasteiger partial charge in [0.05, 0.1) is 18.2 Å². The zero-order valence-corrected chi connectivity index (χ0v) is 20.2. The van der Waals surface area contributed by atoms with Crippen LogP contribution in [0.3, 0.4) is 0 Å². The van der Waals surface area contributed by atoms with Crippen molar-refractivity contribution in [2.75, 3.05) is 25.0 Å². The number of carbonyl (C=O) groups is 1. The largest absolute Gasteiger partial charge is 0.492 e. The molecule has 0 saturated heterocycles. The average Bonchev–Trinajstić information content (AvgIpc) is 2.85. The lowest BCUT2D eigenvalue weighted by Crippen LogP contribution is -2.31. The van der Waals surface area contributed by atoms with Gasteiger partial charge < -0.3 is 10.1 Å². The van der Waals surface area contributed by atoms with Crippen LogP contribution in [0.4, 0.5) is 5.69 Å². The molecule has 0 fully saturated rings. The first kappa shape index (κ1) is 25.0. The van der Waals surface area contributed by atoms with E-state index in [1.165, 1.54) is 10.4 Å². The number of benzene rings is 3. The molecule has 0 unspecified atom stereocenters. The predicted octanol–water partition coefficient (Wildman–Crippen LogP) is 4.91. The van der Waals surface area contributed by atoms with Gasteiger partial charge in [-0.2, -0.15) is 9.57 Å². The lowest BCUT2D eigenvalue weighted by molar-refractivity contribution is 0.102. The van der Waals surface area contributed by atoms with Gasteiger partial charge in [0.1, 0.15) is 10.6 Å². The third-order valence-corrected chi connectivity index (χ3v) is 7.41. The number of ether oxygens (including phenoxy) is 1. The van der Waals surface area contributed by atoms with Gasteiger partial charge in [0, 0.05) is 29.9 Å². The van der Waals surface area contributed by atoms with Gasteiger partial charge in [0.15, 0.2) is 0 Å². The molecular formula is C26H27N3O4S. The van der Waals surface area contributed by atoms with E-state index >= 15 is 0 Å². The van der Waals surface area contributed by atoms with Gasteiger partial charge in [-0.1, -0.05) is 50.2 Å². The lowest BCUT2D eigenvalue weighted by atomic mass is 9.95. The van der Waals surface area contributed by atoms with Crippen molar-refractivity contribution < 1.29 is 17.9 Å². The molecular weight excluding hydrogens is 450 g/mol. The van der Waals surface area contributed by atoms with Gasteiger partial charge in [-0.05, 0) is 42.8 Å². The smallest absolute Gasteiger partial charge is 0.256 e. The Morgan fingerprint density at radius 2 is 1.62 bits per heavy atom. The van der Waals surface area contributed by atoms with Crippen molar-refractivity contribution in [3.05, 3.63) is 77.9 Å². The van der Waals surface area contributed by atoms with E-state index in [2.05, 4.69) is 11.4 Å². The van der Waals surface area contributed by atoms with Crippen molar-refractivity contribution in [2.45, 2.75) is 25.7 Å². The summed E-state index contributed by atoms with van der Waals surface area (Å²) < 4.78 is 33.3. The van der Waals surface area contributed by atoms with Crippen LogP contribution in [0.5, 0.6) is 5.75 Å². The van der Waals surface area contributed by atoms with Crippen LogP contribution >= 0.6 is 0 Å². The maximum Gasteiger partial charge on any atom is 0.256 e. The van der Waals surface area contributed by atoms with Gasteiger partial charge in [-0.25, -0.2) is 8.42 Å². The van der Waals surface area contributed by atoms with E-state index < -0.39 is 15.9 Å². The van der Waals surface area contributed by atoms with Gasteiger partial charge in [-0.15, -0.1) is 0 Å². The number of amides is 1. The van der Waals surface area contributed by atoms with Crippen molar-refractivity contribution >= 4 is 21.6 Å². The minimum atomic E-state index is -3.82. The second kappa shape index (κ2) is 11.0. The molecule has 7 nitrogen and oxygen atoms in total. The standard InChI is InChI=1S/C26H27N3O4S/c1-4-29(5-2)34(31,32)25-17-20(15-16-24(25)33-6-3)28-26(30)23-14-10-9-13-22(23)21-12-8-7-11-19(21)18-27/h7-17H,4-6H2,1-3H3,(H,28,30). The minimum Gasteiger partial charge on any atom is -0.492 e. The Morgan fingerprint density at radius 1 is 0.971 bits per heavy atom. The molecule has 0 atom stereocenters. The van der Waals surface area contributed by atoms with Crippen molar-refractivity contribution in [3.63, 3.8) is 0 Å². The van der Waals surface area contributed by atoms with Crippen molar-refractivity contribution in [2.24, 2.45) is 0 Å². The first-order valence-electron chi connectivity index (χ1n) is 11.0. The van der Waals surface area contributed by atoms with E-state index in [4.69, 9.17) is 4.74 Å². The molecule has 8 heteroatoms. The monoisotopic (exact) mass is 477 g/mol. The predicted molar refractivity (Wildman–Crippen MR) is 132 cm³/mol. The van der Waals surface area contributed by atoms with Crippen LogP contribution in [0, 0.1) is 11.3 Å². The second-order valence-corrected chi connectivity index (χ2v) is 9.25. The summed E-state index contributed by atoms with van der Waals surface area (Å²) in [4.78, 5) is 13.2. The van der Waals surface area contributed by atoms with Gasteiger partial charge in [0.2, 0.25) is 10.0 Å². The molecule has 1 amide bonds. The third kappa shape index (κ3) is 5.11. The number of hydrogen-bond acceptors (Lipinski definition) is 5. The second-order valence-electron chi connectivity index (χ2n) is 7.34. The fraction of sp³-hybridized carbons (Fsp3) is 0.231. The Morgan fingerprint density at radius 3 is 2.26 bits per heavy atom. The fourth-order valence-corrected chi connectivity index (χ4v) is 5.31. The molecule has 3 rings (SSSR count). The SMILES string of the molecule is CCOc1ccc(NC(=O)c2ccccc2-c2ccccc2C#N)cc1S(=O)(=O)N(CC)CC. The first-order chi connectivity index (χ1) is 16.4. The molecule has 0 saturated carbocycles. The summed E-state index contributed by atoms with van der Waals surface area (Å²) in [6.45, 7) is 6.24. The van der Waals surface area contributed by atoms with E-state index in [0.717, 1.165) is 0 Å². The summed E-state index contributed by atoms with van der Waals surface area (Å²) in [5.74, 6) is -0.186. The summed E-state index contributed by atoms with van der Waals surface area (Å²) >= 11 is 0. The number of nitrogens with zero attached hydrogens (tertiary/aromatic N) is 2. The Kier molecular flexibility index (Phi) is 8.05. The van der Waals surface area contributed by atoms with Gasteiger partial charge in [0.25, 0.3) is 5.91 Å². The summed E-state index contributed by atoms with van der Waals surface area (Å²) in [6, 6.07) is 20.8. The molecule has 0 bridgehead atoms. The molecule has 3 aromatic rings. The summed E-state index contributed by atoms with van der Waals surface area (Å²) in [7, 11) is -3.82. The van der Waals surface area contributed by atoms with Crippen LogP contribution in [0.1, 0.15) is 36.7 Å². The van der Waals surface area contributed by atoms with Crippen molar-refractivity contribution in [1.82, 2.24) is 4.31 Å². The average molecular weight is 478 g/mol. The number of sulfonamides is 1. The highest BCUT2D eigenvalue weighted by atomic mass is 32.2. The summed E-state index contributed by atoms with van der Waals surface area (Å²) in [5.41, 5.74) is 2.40. The van der Waals surface area contributed by atoms with E-state index in [0.29, 0.717) is 47.6 Å². The number of rotatable bonds is 9. The van der Waals surface area contributed by atoms with Gasteiger partial charge in [-0.3, -0.25) is 4.79 Å². The van der Waals surface area contributed by atoms with E-state index in [9.17, 15) is 18.5 Å². The first-order valence-corrected chi connectivity index (χ1v) is 12.5. The van der Waals surface area contributed by atoms with Crippen LogP contribution in [0.15, 0.2) is 71.6 Å². The quantitative estimate of drug-likeness (QED) is 0.472. The molecule has 0 heterocycles. The van der Waals surface area contributed by atoms with E-state index in [1.807, 2.05) is 6.07 Å². The normalized spacial score (nSPS) is 11.1. The van der Waals surface area contributed by atoms with Crippen LogP contribution in [0.2, 0.25) is 0 Å². The number of carbonyl (C=O) groups excluding carboxylic acids is 1. The minimum absolute atomic E-state index is 0.000962. The molecule has 34 heavy (non-hydrogen) atoms. The summed E-state index contributed by atoms with van der Waals surface area (Å²) in [5, 5.41) is 12.3. The number of hydrogen-bond donors (Lipinski definition) is 1. The van der Waals surface area contributed by atoms with Crippen molar-refractivity contribution in [1.29, 1.82) is 5.26 Å². The van der Waals surface area contributed by atoms with Crippen LogP contribution < -0.4 is 10.1 Å². The maximum atomic E-state index is 13.2. The topological polar surface area (TPSA) is 99.5 Å². The number of anilines is 1. The Bertz CT molecular complexity index is 1330. The number of nitriles is 1. The lowest BCUT2D eigenvalue weighted by Gasteiger charge is -2.21. The van der Waals surface area contributed by atoms with E-state index in [1.54, 1.807) is 75.4 Å². The highest BCUT2D eigenvalue weighted by molar-refractivity contribution is 7.89. The molecule has 0 radical (unpaired) electrons. The third-order valence-electron chi connectivity index (χ3n) is 5.33. The fourth-order valence-electron chi connectivity index (χ4n) is 3.69.